The van der Waals surface area contributed by atoms with E-state index >= 15 is 0 Å². The number of hydrogen-bond acceptors (Lipinski definition) is 13. The van der Waals surface area contributed by atoms with E-state index in [0.29, 0.717) is 0 Å². The van der Waals surface area contributed by atoms with Gasteiger partial charge in [0, 0.05) is 6.42 Å². The number of hydrogen-bond donors (Lipinski definition) is 9. The molecule has 0 spiro atoms. The van der Waals surface area contributed by atoms with Crippen LogP contribution in [0.5, 0.6) is 0 Å². The number of amides is 1. The maximum Gasteiger partial charge on any atom is 0.220 e. The van der Waals surface area contributed by atoms with Crippen molar-refractivity contribution in [3.8, 4) is 0 Å². The molecule has 0 aromatic rings. The van der Waals surface area contributed by atoms with Crippen LogP contribution in [0.15, 0.2) is 12.2 Å². The van der Waals surface area contributed by atoms with Gasteiger partial charge in [-0.1, -0.05) is 379 Å². The molecule has 0 aromatic heterocycles. The molecule has 1 amide bonds. The highest BCUT2D eigenvalue weighted by Crippen LogP contribution is 2.30. The van der Waals surface area contributed by atoms with Gasteiger partial charge in [-0.2, -0.15) is 0 Å². The maximum atomic E-state index is 13.4. The van der Waals surface area contributed by atoms with E-state index in [4.69, 9.17) is 18.9 Å². The number of ether oxygens (including phenoxy) is 4. The zero-order chi connectivity index (χ0) is 67.3. The quantitative estimate of drug-likeness (QED) is 0.0204. The van der Waals surface area contributed by atoms with Gasteiger partial charge in [0.25, 0.3) is 0 Å². The van der Waals surface area contributed by atoms with Gasteiger partial charge in [-0.15, -0.1) is 0 Å². The average molecular weight is 1330 g/mol. The van der Waals surface area contributed by atoms with E-state index in [0.717, 1.165) is 44.9 Å². The number of carbonyl (C=O) groups excluding carboxylic acids is 1. The molecule has 2 rings (SSSR count). The van der Waals surface area contributed by atoms with Crippen molar-refractivity contribution >= 4 is 5.91 Å². The molecule has 9 N–H and O–H groups in total. The van der Waals surface area contributed by atoms with Crippen LogP contribution in [0.25, 0.3) is 0 Å². The Morgan fingerprint density at radius 3 is 0.989 bits per heavy atom. The Morgan fingerprint density at radius 1 is 0.376 bits per heavy atom. The summed E-state index contributed by atoms with van der Waals surface area (Å²) in [5.74, 6) is -0.229. The van der Waals surface area contributed by atoms with Crippen LogP contribution in [0.1, 0.15) is 393 Å². The molecular formula is C79H153NO13. The number of unbranched alkanes of at least 4 members (excludes halogenated alkanes) is 56. The van der Waals surface area contributed by atoms with E-state index in [9.17, 15) is 45.6 Å². The molecule has 2 heterocycles. The normalized spacial score (nSPS) is 22.5. The van der Waals surface area contributed by atoms with E-state index in [2.05, 4.69) is 19.2 Å². The Kier molecular flexibility index (Phi) is 60.6. The Labute approximate surface area is 571 Å². The van der Waals surface area contributed by atoms with Gasteiger partial charge in [0.2, 0.25) is 5.91 Å². The largest absolute Gasteiger partial charge is 0.394 e. The first kappa shape index (κ1) is 87.8. The van der Waals surface area contributed by atoms with E-state index in [1.54, 1.807) is 6.08 Å². The van der Waals surface area contributed by atoms with Crippen LogP contribution in [0, 0.1) is 0 Å². The first-order valence-corrected chi connectivity index (χ1v) is 40.4. The number of aliphatic hydroxyl groups excluding tert-OH is 8. The zero-order valence-corrected chi connectivity index (χ0v) is 60.5. The minimum Gasteiger partial charge on any atom is -0.394 e. The molecule has 14 nitrogen and oxygen atoms in total. The number of aliphatic hydroxyl groups is 8. The molecule has 12 atom stereocenters. The average Bonchev–Trinajstić information content (AvgIpc) is 0.852. The SMILES string of the molecule is CCCCCCCCCCCCCCCCCCCC/C=C/C(O)C(COC1OC(CO)C(OC2OC(CO)C(O)C(O)C2O)C(O)C1O)NC(=O)CCCCCCCCCCCCCCCCCCCCCCCCCCCCCCCCCCCCCCCCC. The molecule has 93 heavy (non-hydrogen) atoms. The van der Waals surface area contributed by atoms with Gasteiger partial charge in [0.15, 0.2) is 12.6 Å². The minimum absolute atomic E-state index is 0.229. The second-order valence-electron chi connectivity index (χ2n) is 28.9. The van der Waals surface area contributed by atoms with Gasteiger partial charge >= 0.3 is 0 Å². The van der Waals surface area contributed by atoms with Crippen LogP contribution in [0.2, 0.25) is 0 Å². The van der Waals surface area contributed by atoms with Crippen molar-refractivity contribution in [2.24, 2.45) is 0 Å². The van der Waals surface area contributed by atoms with Crippen LogP contribution in [-0.4, -0.2) is 140 Å². The summed E-state index contributed by atoms with van der Waals surface area (Å²) in [7, 11) is 0. The summed E-state index contributed by atoms with van der Waals surface area (Å²) >= 11 is 0. The molecule has 12 unspecified atom stereocenters. The third-order valence-electron chi connectivity index (χ3n) is 20.2. The van der Waals surface area contributed by atoms with E-state index in [-0.39, 0.29) is 18.9 Å². The van der Waals surface area contributed by atoms with Crippen molar-refractivity contribution in [2.75, 3.05) is 19.8 Å². The maximum absolute atomic E-state index is 13.4. The molecule has 14 heteroatoms. The van der Waals surface area contributed by atoms with Crippen molar-refractivity contribution in [1.82, 2.24) is 5.32 Å². The first-order chi connectivity index (χ1) is 45.6. The fourth-order valence-electron chi connectivity index (χ4n) is 13.8. The van der Waals surface area contributed by atoms with Gasteiger partial charge in [0.1, 0.15) is 48.8 Å². The Bertz CT molecular complexity index is 1610. The Hall–Kier alpha value is -1.27. The van der Waals surface area contributed by atoms with E-state index < -0.39 is 86.8 Å². The number of nitrogens with one attached hydrogen (secondary N) is 1. The molecule has 2 saturated heterocycles. The topological polar surface area (TPSA) is 228 Å². The molecule has 2 fully saturated rings. The summed E-state index contributed by atoms with van der Waals surface area (Å²) in [6.07, 6.45) is 64.6. The van der Waals surface area contributed by atoms with Crippen LogP contribution in [0.3, 0.4) is 0 Å². The molecule has 0 radical (unpaired) electrons. The highest BCUT2D eigenvalue weighted by atomic mass is 16.7. The summed E-state index contributed by atoms with van der Waals surface area (Å²) in [4.78, 5) is 13.4. The highest BCUT2D eigenvalue weighted by molar-refractivity contribution is 5.76. The van der Waals surface area contributed by atoms with Crippen molar-refractivity contribution in [2.45, 2.75) is 466 Å². The third kappa shape index (κ3) is 47.4. The summed E-state index contributed by atoms with van der Waals surface area (Å²) in [5.41, 5.74) is 0. The van der Waals surface area contributed by atoms with Crippen LogP contribution in [0.4, 0.5) is 0 Å². The second kappa shape index (κ2) is 64.1. The first-order valence-electron chi connectivity index (χ1n) is 40.4. The molecular weight excluding hydrogens is 1170 g/mol. The Morgan fingerprint density at radius 2 is 0.667 bits per heavy atom. The Balaban J connectivity index is 1.55. The zero-order valence-electron chi connectivity index (χ0n) is 60.5. The van der Waals surface area contributed by atoms with Gasteiger partial charge in [0.05, 0.1) is 32.0 Å². The predicted octanol–water partition coefficient (Wildman–Crippen LogP) is 18.1. The monoisotopic (exact) mass is 1320 g/mol. The second-order valence-corrected chi connectivity index (χ2v) is 28.9. The molecule has 0 saturated carbocycles. The lowest BCUT2D eigenvalue weighted by Crippen LogP contribution is -2.65. The lowest BCUT2D eigenvalue weighted by molar-refractivity contribution is -0.359. The van der Waals surface area contributed by atoms with Crippen molar-refractivity contribution in [3.63, 3.8) is 0 Å². The van der Waals surface area contributed by atoms with Gasteiger partial charge in [-0.3, -0.25) is 4.79 Å². The van der Waals surface area contributed by atoms with Gasteiger partial charge in [-0.25, -0.2) is 0 Å². The standard InChI is InChI=1S/C79H153NO13/c1-3-5-7-9-11-13-15-17-19-21-23-25-26-27-28-29-30-31-32-33-34-35-36-37-38-39-40-41-42-43-45-47-49-51-53-55-57-59-61-63-71(84)80-67(68(83)62-60-58-56-54-52-50-48-46-44-24-22-20-18-16-14-12-10-8-6-4-2)66-90-78-76(89)74(87)77(70(65-82)92-78)93-79-75(88)73(86)72(85)69(64-81)91-79/h60,62,67-70,72-79,81-83,85-89H,3-59,61,63-66H2,1-2H3,(H,80,84)/b62-60+. The minimum atomic E-state index is -1.79. The van der Waals surface area contributed by atoms with Crippen molar-refractivity contribution < 1.29 is 64.6 Å². The molecule has 0 bridgehead atoms. The fourth-order valence-corrected chi connectivity index (χ4v) is 13.8. The van der Waals surface area contributed by atoms with Crippen LogP contribution >= 0.6 is 0 Å². The molecule has 552 valence electrons. The third-order valence-corrected chi connectivity index (χ3v) is 20.2. The lowest BCUT2D eigenvalue weighted by atomic mass is 9.97. The van der Waals surface area contributed by atoms with Gasteiger partial charge < -0.3 is 65.1 Å². The smallest absolute Gasteiger partial charge is 0.220 e. The van der Waals surface area contributed by atoms with Crippen molar-refractivity contribution in [1.29, 1.82) is 0 Å². The summed E-state index contributed by atoms with van der Waals surface area (Å²) in [6, 6.07) is -0.912. The summed E-state index contributed by atoms with van der Waals surface area (Å²) in [6.45, 7) is 2.87. The molecule has 0 aromatic carbocycles. The van der Waals surface area contributed by atoms with Crippen molar-refractivity contribution in [3.05, 3.63) is 12.2 Å². The molecule has 2 aliphatic heterocycles. The predicted molar refractivity (Wildman–Crippen MR) is 383 cm³/mol. The number of allylic oxidation sites excluding steroid dienone is 1. The van der Waals surface area contributed by atoms with Gasteiger partial charge in [-0.05, 0) is 19.3 Å². The van der Waals surface area contributed by atoms with E-state index in [1.165, 1.54) is 327 Å². The summed E-state index contributed by atoms with van der Waals surface area (Å²) in [5, 5.41) is 87.6. The fraction of sp³-hybridized carbons (Fsp3) is 0.962. The lowest BCUT2D eigenvalue weighted by Gasteiger charge is -2.46. The number of carbonyl (C=O) groups is 1. The summed E-state index contributed by atoms with van der Waals surface area (Å²) < 4.78 is 22.9. The van der Waals surface area contributed by atoms with Crippen LogP contribution in [-0.2, 0) is 23.7 Å². The van der Waals surface area contributed by atoms with E-state index in [1.807, 2.05) is 6.08 Å². The van der Waals surface area contributed by atoms with Crippen LogP contribution < -0.4 is 5.32 Å². The highest BCUT2D eigenvalue weighted by Gasteiger charge is 2.51. The molecule has 0 aliphatic carbocycles. The number of rotatable bonds is 69. The molecule has 2 aliphatic rings.